The smallest absolute Gasteiger partial charge is 0.230 e. The molecule has 4 nitrogen and oxygen atoms in total. The van der Waals surface area contributed by atoms with Crippen LogP contribution in [0.3, 0.4) is 0 Å². The largest absolute Gasteiger partial charge is 0.497 e. The van der Waals surface area contributed by atoms with Crippen LogP contribution in [0.25, 0.3) is 5.57 Å². The van der Waals surface area contributed by atoms with Crippen molar-refractivity contribution in [3.8, 4) is 5.75 Å². The topological polar surface area (TPSA) is 46.6 Å². The number of carbonyl (C=O) groups is 2. The summed E-state index contributed by atoms with van der Waals surface area (Å²) in [5.41, 5.74) is 6.68. The van der Waals surface area contributed by atoms with Crippen molar-refractivity contribution in [3.63, 3.8) is 0 Å². The number of fused-ring (bicyclic) bond motifs is 4. The van der Waals surface area contributed by atoms with Crippen molar-refractivity contribution in [2.45, 2.75) is 32.1 Å². The van der Waals surface area contributed by atoms with Crippen LogP contribution < -0.4 is 9.64 Å². The highest BCUT2D eigenvalue weighted by Gasteiger charge is 2.29. The van der Waals surface area contributed by atoms with Crippen molar-refractivity contribution >= 4 is 23.0 Å². The number of halogens is 1. The van der Waals surface area contributed by atoms with E-state index in [0.717, 1.165) is 45.5 Å². The summed E-state index contributed by atoms with van der Waals surface area (Å²) in [7, 11) is 3.34. The van der Waals surface area contributed by atoms with E-state index >= 15 is 0 Å². The molecule has 0 spiro atoms. The summed E-state index contributed by atoms with van der Waals surface area (Å²) in [6, 6.07) is 20.3. The van der Waals surface area contributed by atoms with Crippen LogP contribution in [0.15, 0.2) is 84.5 Å². The van der Waals surface area contributed by atoms with Gasteiger partial charge in [-0.2, -0.15) is 0 Å². The Labute approximate surface area is 217 Å². The maximum atomic E-state index is 14.1. The predicted octanol–water partition coefficient (Wildman–Crippen LogP) is 6.13. The molecule has 5 rings (SSSR count). The second-order valence-electron chi connectivity index (χ2n) is 9.82. The number of Topliss-reactive ketones (excluding diaryl/α,β-unsaturated/α-hetero) is 1. The molecule has 0 N–H and O–H groups in total. The third-order valence-electron chi connectivity index (χ3n) is 7.30. The summed E-state index contributed by atoms with van der Waals surface area (Å²) in [5, 5.41) is 0. The van der Waals surface area contributed by atoms with Gasteiger partial charge in [-0.3, -0.25) is 9.59 Å². The van der Waals surface area contributed by atoms with Gasteiger partial charge in [0.1, 0.15) is 17.3 Å². The van der Waals surface area contributed by atoms with Crippen LogP contribution >= 0.6 is 0 Å². The highest BCUT2D eigenvalue weighted by molar-refractivity contribution is 6.00. The summed E-state index contributed by atoms with van der Waals surface area (Å²) >= 11 is 0. The van der Waals surface area contributed by atoms with Gasteiger partial charge in [0.25, 0.3) is 0 Å². The molecule has 1 amide bonds. The first kappa shape index (κ1) is 24.7. The summed E-state index contributed by atoms with van der Waals surface area (Å²) in [4.78, 5) is 28.8. The molecule has 2 aliphatic rings. The van der Waals surface area contributed by atoms with E-state index in [9.17, 15) is 14.0 Å². The first-order valence-electron chi connectivity index (χ1n) is 12.6. The Morgan fingerprint density at radius 3 is 2.54 bits per heavy atom. The van der Waals surface area contributed by atoms with E-state index in [4.69, 9.17) is 4.74 Å². The minimum Gasteiger partial charge on any atom is -0.497 e. The minimum atomic E-state index is -0.513. The normalized spacial score (nSPS) is 18.1. The Hall–Kier alpha value is -3.99. The van der Waals surface area contributed by atoms with Crippen LogP contribution in [0, 0.1) is 11.7 Å². The van der Waals surface area contributed by atoms with Gasteiger partial charge in [0, 0.05) is 31.5 Å². The van der Waals surface area contributed by atoms with Crippen molar-refractivity contribution in [2.75, 3.05) is 19.1 Å². The lowest BCUT2D eigenvalue weighted by Gasteiger charge is -2.24. The van der Waals surface area contributed by atoms with Gasteiger partial charge in [0.05, 0.1) is 7.11 Å². The lowest BCUT2D eigenvalue weighted by Crippen LogP contribution is -2.35. The Bertz CT molecular complexity index is 1400. The van der Waals surface area contributed by atoms with Gasteiger partial charge in [0.2, 0.25) is 5.91 Å². The van der Waals surface area contributed by atoms with Crippen LogP contribution in [0.1, 0.15) is 35.1 Å². The number of allylic oxidation sites excluding steroid dienone is 4. The number of ether oxygens (including phenoxy) is 1. The summed E-state index contributed by atoms with van der Waals surface area (Å²) in [5.74, 6) is -0.235. The first-order valence-corrected chi connectivity index (χ1v) is 12.6. The maximum absolute atomic E-state index is 14.1. The molecule has 3 aromatic carbocycles. The van der Waals surface area contributed by atoms with Crippen LogP contribution in [-0.4, -0.2) is 25.8 Å². The van der Waals surface area contributed by atoms with Crippen LogP contribution in [0.4, 0.5) is 10.1 Å². The Balaban J connectivity index is 1.48. The quantitative estimate of drug-likeness (QED) is 0.439. The highest BCUT2D eigenvalue weighted by Crippen LogP contribution is 2.37. The van der Waals surface area contributed by atoms with E-state index in [1.54, 1.807) is 25.1 Å². The molecule has 0 aromatic heterocycles. The standard InChI is InChI=1S/C32H30FNO3/c1-34(27-11-13-29(37-2)14-12-27)32(36)25-16-22-7-3-5-21(15-22)6-4-8-23-17-24-9-10-26(33)19-30(24)31(23)20-28(35)18-25/h3-5,7-15,19,25H,6,16-18,20H2,1-2H3/b8-4+/t25-/m1/s1. The number of benzene rings is 3. The highest BCUT2D eigenvalue weighted by atomic mass is 19.1. The molecule has 0 heterocycles. The number of ketones is 1. The van der Waals surface area contributed by atoms with E-state index in [1.165, 1.54) is 12.1 Å². The molecular formula is C32H30FNO3. The average molecular weight is 496 g/mol. The number of anilines is 1. The Morgan fingerprint density at radius 2 is 1.76 bits per heavy atom. The summed E-state index contributed by atoms with van der Waals surface area (Å²) in [6.45, 7) is 0. The Kier molecular flexibility index (Phi) is 7.04. The molecule has 0 saturated carbocycles. The van der Waals surface area contributed by atoms with Crippen LogP contribution in [0.2, 0.25) is 0 Å². The minimum absolute atomic E-state index is 0.0186. The fraction of sp³-hybridized carbons (Fsp3) is 0.250. The molecule has 0 unspecified atom stereocenters. The molecule has 0 fully saturated rings. The van der Waals surface area contributed by atoms with Gasteiger partial charge in [-0.15, -0.1) is 0 Å². The van der Waals surface area contributed by atoms with Gasteiger partial charge >= 0.3 is 0 Å². The molecule has 0 aliphatic heterocycles. The van der Waals surface area contributed by atoms with Gasteiger partial charge < -0.3 is 9.64 Å². The van der Waals surface area contributed by atoms with E-state index in [2.05, 4.69) is 24.3 Å². The van der Waals surface area contributed by atoms with Crippen molar-refractivity contribution in [1.82, 2.24) is 0 Å². The lowest BCUT2D eigenvalue weighted by atomic mass is 9.89. The van der Waals surface area contributed by atoms with Crippen molar-refractivity contribution in [3.05, 3.63) is 113 Å². The molecule has 2 aliphatic carbocycles. The van der Waals surface area contributed by atoms with Crippen molar-refractivity contribution in [1.29, 1.82) is 0 Å². The fourth-order valence-electron chi connectivity index (χ4n) is 5.34. The monoisotopic (exact) mass is 495 g/mol. The molecule has 5 heteroatoms. The van der Waals surface area contributed by atoms with E-state index < -0.39 is 5.92 Å². The number of methoxy groups -OCH3 is 1. The third kappa shape index (κ3) is 5.41. The SMILES string of the molecule is COc1ccc(N(C)C(=O)[C@H]2CC(=O)CC3=C(/C=C/Cc4cccc(c4)C2)Cc2ccc(F)cc23)cc1. The van der Waals surface area contributed by atoms with Gasteiger partial charge in [-0.1, -0.05) is 42.5 Å². The first-order chi connectivity index (χ1) is 17.9. The second-order valence-corrected chi connectivity index (χ2v) is 9.82. The van der Waals surface area contributed by atoms with E-state index in [0.29, 0.717) is 18.6 Å². The van der Waals surface area contributed by atoms with E-state index in [-0.39, 0.29) is 30.3 Å². The Morgan fingerprint density at radius 1 is 0.973 bits per heavy atom. The molecule has 0 radical (unpaired) electrons. The molecule has 3 aromatic rings. The van der Waals surface area contributed by atoms with Gasteiger partial charge in [-0.05, 0) is 89.1 Å². The summed E-state index contributed by atoms with van der Waals surface area (Å²) in [6.07, 6.45) is 6.38. The van der Waals surface area contributed by atoms with Gasteiger partial charge in [-0.25, -0.2) is 4.39 Å². The molecule has 0 saturated heterocycles. The number of carbonyl (C=O) groups excluding carboxylic acids is 2. The molecular weight excluding hydrogens is 465 g/mol. The number of amides is 1. The number of hydrogen-bond acceptors (Lipinski definition) is 3. The summed E-state index contributed by atoms with van der Waals surface area (Å²) < 4.78 is 19.4. The predicted molar refractivity (Wildman–Crippen MR) is 144 cm³/mol. The maximum Gasteiger partial charge on any atom is 0.230 e. The van der Waals surface area contributed by atoms with Crippen LogP contribution in [-0.2, 0) is 28.9 Å². The molecule has 1 atom stereocenters. The van der Waals surface area contributed by atoms with E-state index in [1.807, 2.05) is 36.4 Å². The molecule has 188 valence electrons. The zero-order valence-electron chi connectivity index (χ0n) is 21.2. The fourth-order valence-corrected chi connectivity index (χ4v) is 5.34. The third-order valence-corrected chi connectivity index (χ3v) is 7.30. The zero-order valence-corrected chi connectivity index (χ0v) is 21.2. The molecule has 2 bridgehead atoms. The van der Waals surface area contributed by atoms with Crippen molar-refractivity contribution in [2.24, 2.45) is 5.92 Å². The molecule has 37 heavy (non-hydrogen) atoms. The second kappa shape index (κ2) is 10.6. The number of hydrogen-bond donors (Lipinski definition) is 0. The van der Waals surface area contributed by atoms with Gasteiger partial charge in [0.15, 0.2) is 0 Å². The van der Waals surface area contributed by atoms with Crippen molar-refractivity contribution < 1.29 is 18.7 Å². The lowest BCUT2D eigenvalue weighted by molar-refractivity contribution is -0.127. The average Bonchev–Trinajstić information content (AvgIpc) is 3.23. The number of nitrogens with zero attached hydrogens (tertiary/aromatic N) is 1. The number of rotatable bonds is 3. The zero-order chi connectivity index (χ0) is 25.9. The van der Waals surface area contributed by atoms with Crippen LogP contribution in [0.5, 0.6) is 5.75 Å².